The molecule has 0 aliphatic carbocycles. The summed E-state index contributed by atoms with van der Waals surface area (Å²) in [5, 5.41) is 6.17. The number of aliphatic imine (C=N–C) groups is 1. The third-order valence-corrected chi connectivity index (χ3v) is 3.65. The van der Waals surface area contributed by atoms with Gasteiger partial charge in [-0.1, -0.05) is 6.07 Å². The minimum Gasteiger partial charge on any atom is -0.489 e. The molecule has 0 aromatic heterocycles. The summed E-state index contributed by atoms with van der Waals surface area (Å²) in [7, 11) is -1.51. The molecule has 7 nitrogen and oxygen atoms in total. The third-order valence-electron chi connectivity index (χ3n) is 2.92. The molecule has 1 atom stereocenters. The Bertz CT molecular complexity index is 643. The minimum atomic E-state index is -3.15. The molecular formula is C15H26FIN4O3S. The lowest BCUT2D eigenvalue weighted by Crippen LogP contribution is -2.42. The highest BCUT2D eigenvalue weighted by Crippen LogP contribution is 2.13. The maximum Gasteiger partial charge on any atom is 0.208 e. The molecule has 0 amide bonds. The van der Waals surface area contributed by atoms with Crippen molar-refractivity contribution in [3.63, 3.8) is 0 Å². The minimum absolute atomic E-state index is 0. The normalized spacial score (nSPS) is 12.9. The molecular weight excluding hydrogens is 462 g/mol. The molecule has 0 heterocycles. The first kappa shape index (κ1) is 23.9. The Hall–Kier alpha value is -1.14. The molecule has 1 aromatic carbocycles. The molecule has 0 spiro atoms. The topological polar surface area (TPSA) is 91.8 Å². The standard InChI is InChI=1S/C15H25FN4O3S.HI/c1-12(23-14-7-4-6-13(16)10-14)11-19-15(17-2)18-8-5-9-20-24(3,21)22;/h4,6-7,10,12,20H,5,8-9,11H2,1-3H3,(H2,17,18,19);1H. The predicted molar refractivity (Wildman–Crippen MR) is 109 cm³/mol. The molecule has 0 saturated carbocycles. The largest absolute Gasteiger partial charge is 0.489 e. The van der Waals surface area contributed by atoms with Crippen LogP contribution in [0.25, 0.3) is 0 Å². The number of hydrogen-bond donors (Lipinski definition) is 3. The summed E-state index contributed by atoms with van der Waals surface area (Å²) in [5.74, 6) is 0.719. The summed E-state index contributed by atoms with van der Waals surface area (Å²) in [6.45, 7) is 3.28. The van der Waals surface area contributed by atoms with E-state index in [0.29, 0.717) is 37.8 Å². The highest BCUT2D eigenvalue weighted by atomic mass is 127. The zero-order valence-electron chi connectivity index (χ0n) is 14.6. The summed E-state index contributed by atoms with van der Waals surface area (Å²) >= 11 is 0. The van der Waals surface area contributed by atoms with E-state index in [1.54, 1.807) is 19.2 Å². The van der Waals surface area contributed by atoms with Crippen molar-refractivity contribution < 1.29 is 17.5 Å². The van der Waals surface area contributed by atoms with Crippen molar-refractivity contribution in [3.8, 4) is 5.75 Å². The molecule has 0 saturated heterocycles. The van der Waals surface area contributed by atoms with Crippen molar-refractivity contribution in [2.45, 2.75) is 19.4 Å². The van der Waals surface area contributed by atoms with Gasteiger partial charge in [-0.25, -0.2) is 17.5 Å². The Morgan fingerprint density at radius 1 is 1.32 bits per heavy atom. The fraction of sp³-hybridized carbons (Fsp3) is 0.533. The maximum absolute atomic E-state index is 13.1. The van der Waals surface area contributed by atoms with E-state index in [-0.39, 0.29) is 35.9 Å². The van der Waals surface area contributed by atoms with Crippen molar-refractivity contribution >= 4 is 40.0 Å². The van der Waals surface area contributed by atoms with Crippen LogP contribution in [0, 0.1) is 5.82 Å². The third kappa shape index (κ3) is 11.9. The molecule has 0 aliphatic heterocycles. The summed E-state index contributed by atoms with van der Waals surface area (Å²) in [6.07, 6.45) is 1.57. The Morgan fingerprint density at radius 2 is 2.04 bits per heavy atom. The zero-order valence-corrected chi connectivity index (χ0v) is 17.7. The Morgan fingerprint density at radius 3 is 2.64 bits per heavy atom. The number of sulfonamides is 1. The number of rotatable bonds is 9. The first-order valence-corrected chi connectivity index (χ1v) is 9.50. The molecule has 144 valence electrons. The van der Waals surface area contributed by atoms with E-state index in [9.17, 15) is 12.8 Å². The number of benzene rings is 1. The second-order valence-corrected chi connectivity index (χ2v) is 7.12. The van der Waals surface area contributed by atoms with E-state index in [0.717, 1.165) is 6.26 Å². The summed E-state index contributed by atoms with van der Waals surface area (Å²) in [6, 6.07) is 5.98. The summed E-state index contributed by atoms with van der Waals surface area (Å²) in [5.41, 5.74) is 0. The Balaban J connectivity index is 0.00000576. The van der Waals surface area contributed by atoms with E-state index >= 15 is 0 Å². The molecule has 0 radical (unpaired) electrons. The average Bonchev–Trinajstić information content (AvgIpc) is 2.49. The number of guanidine groups is 1. The van der Waals surface area contributed by atoms with Crippen LogP contribution < -0.4 is 20.1 Å². The summed E-state index contributed by atoms with van der Waals surface area (Å²) in [4.78, 5) is 4.07. The molecule has 3 N–H and O–H groups in total. The van der Waals surface area contributed by atoms with Crippen LogP contribution >= 0.6 is 24.0 Å². The molecule has 25 heavy (non-hydrogen) atoms. The number of nitrogens with zero attached hydrogens (tertiary/aromatic N) is 1. The monoisotopic (exact) mass is 488 g/mol. The van der Waals surface area contributed by atoms with E-state index in [1.807, 2.05) is 6.92 Å². The van der Waals surface area contributed by atoms with Crippen LogP contribution in [-0.2, 0) is 10.0 Å². The van der Waals surface area contributed by atoms with Gasteiger partial charge >= 0.3 is 0 Å². The van der Waals surface area contributed by atoms with Crippen molar-refractivity contribution in [2.24, 2.45) is 4.99 Å². The van der Waals surface area contributed by atoms with Gasteiger partial charge in [0.1, 0.15) is 17.7 Å². The molecule has 1 unspecified atom stereocenters. The van der Waals surface area contributed by atoms with Gasteiger partial charge in [-0.15, -0.1) is 24.0 Å². The lowest BCUT2D eigenvalue weighted by atomic mass is 10.3. The highest BCUT2D eigenvalue weighted by molar-refractivity contribution is 14.0. The molecule has 1 rings (SSSR count). The summed E-state index contributed by atoms with van der Waals surface area (Å²) < 4.78 is 43.0. The molecule has 0 aliphatic rings. The van der Waals surface area contributed by atoms with Crippen molar-refractivity contribution in [1.82, 2.24) is 15.4 Å². The first-order chi connectivity index (χ1) is 11.3. The lowest BCUT2D eigenvalue weighted by molar-refractivity contribution is 0.223. The van der Waals surface area contributed by atoms with Crippen molar-refractivity contribution in [2.75, 3.05) is 32.9 Å². The number of halogens is 2. The van der Waals surface area contributed by atoms with Gasteiger partial charge in [-0.3, -0.25) is 4.99 Å². The maximum atomic E-state index is 13.1. The van der Waals surface area contributed by atoms with E-state index < -0.39 is 10.0 Å². The van der Waals surface area contributed by atoms with Gasteiger partial charge in [0.05, 0.1) is 12.8 Å². The van der Waals surface area contributed by atoms with Gasteiger partial charge in [0, 0.05) is 26.2 Å². The Labute approximate surface area is 165 Å². The number of ether oxygens (including phenoxy) is 1. The van der Waals surface area contributed by atoms with Crippen LogP contribution in [0.3, 0.4) is 0 Å². The quantitative estimate of drug-likeness (QED) is 0.211. The van der Waals surface area contributed by atoms with Gasteiger partial charge in [-0.05, 0) is 25.5 Å². The number of hydrogen-bond acceptors (Lipinski definition) is 4. The van der Waals surface area contributed by atoms with E-state index in [1.165, 1.54) is 12.1 Å². The van der Waals surface area contributed by atoms with Crippen LogP contribution in [0.2, 0.25) is 0 Å². The zero-order chi connectivity index (χ0) is 18.0. The fourth-order valence-electron chi connectivity index (χ4n) is 1.83. The second kappa shape index (κ2) is 12.3. The van der Waals surface area contributed by atoms with Crippen LogP contribution in [0.5, 0.6) is 5.75 Å². The fourth-order valence-corrected chi connectivity index (χ4v) is 2.34. The first-order valence-electron chi connectivity index (χ1n) is 7.61. The van der Waals surface area contributed by atoms with Gasteiger partial charge in [0.25, 0.3) is 0 Å². The van der Waals surface area contributed by atoms with Gasteiger partial charge < -0.3 is 15.4 Å². The van der Waals surface area contributed by atoms with Crippen LogP contribution in [-0.4, -0.2) is 53.4 Å². The molecule has 0 fully saturated rings. The van der Waals surface area contributed by atoms with Crippen molar-refractivity contribution in [1.29, 1.82) is 0 Å². The SMILES string of the molecule is CN=C(NCCCNS(C)(=O)=O)NCC(C)Oc1cccc(F)c1.I. The van der Waals surface area contributed by atoms with E-state index in [2.05, 4.69) is 20.3 Å². The van der Waals surface area contributed by atoms with Gasteiger partial charge in [0.2, 0.25) is 10.0 Å². The Kier molecular flexibility index (Phi) is 11.7. The van der Waals surface area contributed by atoms with Crippen LogP contribution in [0.1, 0.15) is 13.3 Å². The molecule has 0 bridgehead atoms. The smallest absolute Gasteiger partial charge is 0.208 e. The van der Waals surface area contributed by atoms with Gasteiger partial charge in [-0.2, -0.15) is 0 Å². The van der Waals surface area contributed by atoms with Crippen LogP contribution in [0.15, 0.2) is 29.3 Å². The highest BCUT2D eigenvalue weighted by Gasteiger charge is 2.06. The van der Waals surface area contributed by atoms with Crippen molar-refractivity contribution in [3.05, 3.63) is 30.1 Å². The lowest BCUT2D eigenvalue weighted by Gasteiger charge is -2.17. The van der Waals surface area contributed by atoms with Crippen LogP contribution in [0.4, 0.5) is 4.39 Å². The number of nitrogens with one attached hydrogen (secondary N) is 3. The average molecular weight is 488 g/mol. The second-order valence-electron chi connectivity index (χ2n) is 5.29. The predicted octanol–water partition coefficient (Wildman–Crippen LogP) is 1.32. The van der Waals surface area contributed by atoms with Gasteiger partial charge in [0.15, 0.2) is 5.96 Å². The molecule has 10 heteroatoms. The molecule has 1 aromatic rings. The van der Waals surface area contributed by atoms with E-state index in [4.69, 9.17) is 4.74 Å².